The number of benzene rings is 1. The van der Waals surface area contributed by atoms with Gasteiger partial charge >= 0.3 is 11.7 Å². The van der Waals surface area contributed by atoms with Gasteiger partial charge in [0.05, 0.1) is 17.2 Å². The summed E-state index contributed by atoms with van der Waals surface area (Å²) in [6.07, 6.45) is -4.89. The summed E-state index contributed by atoms with van der Waals surface area (Å²) in [7, 11) is -4.08. The molecule has 0 fully saturated rings. The molecule has 0 N–H and O–H groups in total. The van der Waals surface area contributed by atoms with Crippen molar-refractivity contribution in [2.24, 2.45) is 0 Å². The molecular weight excluding hydrogens is 308 g/mol. The molecule has 20 heavy (non-hydrogen) atoms. The van der Waals surface area contributed by atoms with E-state index >= 15 is 0 Å². The maximum atomic E-state index is 12.6. The predicted octanol–water partition coefficient (Wildman–Crippen LogP) is 4.06. The summed E-state index contributed by atoms with van der Waals surface area (Å²) in [4.78, 5) is 0. The largest absolute Gasteiger partial charge is 0.462 e. The van der Waals surface area contributed by atoms with Crippen LogP contribution in [0.4, 0.5) is 26.3 Å². The first kappa shape index (κ1) is 16.2. The van der Waals surface area contributed by atoms with Crippen molar-refractivity contribution in [1.82, 2.24) is 0 Å². The fourth-order valence-corrected chi connectivity index (χ4v) is 1.71. The van der Waals surface area contributed by atoms with Crippen LogP contribution in [0.3, 0.4) is 0 Å². The molecule has 0 aliphatic rings. The van der Waals surface area contributed by atoms with E-state index in [1.165, 1.54) is 6.07 Å². The van der Waals surface area contributed by atoms with Crippen molar-refractivity contribution in [3.05, 3.63) is 29.3 Å². The standard InChI is InChI=1S/C11H7F6NOS/c1-20(2,11(15,16)17)19-8-4-3-7(6-18)9(5-8)10(12,13)14/h3-5H,1-2H2. The van der Waals surface area contributed by atoms with Gasteiger partial charge in [0.25, 0.3) is 0 Å². The highest BCUT2D eigenvalue weighted by Crippen LogP contribution is 2.44. The summed E-state index contributed by atoms with van der Waals surface area (Å²) >= 11 is 0. The van der Waals surface area contributed by atoms with Gasteiger partial charge in [0, 0.05) is 9.49 Å². The molecule has 0 aromatic heterocycles. The summed E-state index contributed by atoms with van der Waals surface area (Å²) in [5.74, 6) is 4.80. The predicted molar refractivity (Wildman–Crippen MR) is 64.7 cm³/mol. The van der Waals surface area contributed by atoms with E-state index in [1.54, 1.807) is 0 Å². The molecule has 110 valence electrons. The summed E-state index contributed by atoms with van der Waals surface area (Å²) < 4.78 is 79.8. The summed E-state index contributed by atoms with van der Waals surface area (Å²) in [5, 5.41) is 8.54. The van der Waals surface area contributed by atoms with Crippen LogP contribution >= 0.6 is 9.49 Å². The quantitative estimate of drug-likeness (QED) is 0.609. The molecule has 0 spiro atoms. The first-order valence-corrected chi connectivity index (χ1v) is 6.64. The summed E-state index contributed by atoms with van der Waals surface area (Å²) in [6.45, 7) is 0. The van der Waals surface area contributed by atoms with E-state index in [2.05, 4.69) is 15.9 Å². The van der Waals surface area contributed by atoms with Crippen LogP contribution in [0.15, 0.2) is 18.2 Å². The summed E-state index contributed by atoms with van der Waals surface area (Å²) in [5.41, 5.74) is -6.99. The molecule has 2 nitrogen and oxygen atoms in total. The van der Waals surface area contributed by atoms with Crippen molar-refractivity contribution in [3.63, 3.8) is 0 Å². The number of alkyl halides is 6. The molecule has 0 bridgehead atoms. The van der Waals surface area contributed by atoms with Gasteiger partial charge in [-0.15, -0.1) is 0 Å². The third-order valence-electron chi connectivity index (χ3n) is 2.09. The highest BCUT2D eigenvalue weighted by Gasteiger charge is 2.38. The van der Waals surface area contributed by atoms with Crippen molar-refractivity contribution in [2.45, 2.75) is 11.7 Å². The van der Waals surface area contributed by atoms with Crippen LogP contribution < -0.4 is 4.18 Å². The second-order valence-corrected chi connectivity index (χ2v) is 5.91. The Hall–Kier alpha value is -1.82. The maximum absolute atomic E-state index is 12.6. The monoisotopic (exact) mass is 315 g/mol. The lowest BCUT2D eigenvalue weighted by molar-refractivity contribution is -0.137. The smallest absolute Gasteiger partial charge is 0.434 e. The van der Waals surface area contributed by atoms with Crippen LogP contribution in [0.1, 0.15) is 11.1 Å². The Kier molecular flexibility index (Phi) is 4.01. The van der Waals surface area contributed by atoms with Crippen molar-refractivity contribution < 1.29 is 30.5 Å². The van der Waals surface area contributed by atoms with E-state index in [4.69, 9.17) is 5.26 Å². The van der Waals surface area contributed by atoms with Crippen LogP contribution in [0.25, 0.3) is 0 Å². The van der Waals surface area contributed by atoms with E-state index in [1.807, 2.05) is 0 Å². The van der Waals surface area contributed by atoms with Crippen LogP contribution in [0.5, 0.6) is 5.75 Å². The maximum Gasteiger partial charge on any atom is 0.462 e. The van der Waals surface area contributed by atoms with E-state index in [0.29, 0.717) is 6.07 Å². The second kappa shape index (κ2) is 4.94. The van der Waals surface area contributed by atoms with Crippen LogP contribution in [-0.4, -0.2) is 17.2 Å². The Morgan fingerprint density at radius 2 is 1.65 bits per heavy atom. The van der Waals surface area contributed by atoms with Gasteiger partial charge in [0.2, 0.25) is 0 Å². The number of nitriles is 1. The normalized spacial score (nSPS) is 12.8. The Balaban J connectivity index is 3.29. The van der Waals surface area contributed by atoms with Gasteiger partial charge in [-0.3, -0.25) is 0 Å². The Morgan fingerprint density at radius 3 is 2.05 bits per heavy atom. The van der Waals surface area contributed by atoms with E-state index in [-0.39, 0.29) is 0 Å². The molecule has 1 aromatic carbocycles. The van der Waals surface area contributed by atoms with Crippen LogP contribution in [0, 0.1) is 11.3 Å². The topological polar surface area (TPSA) is 33.0 Å². The number of nitrogens with zero attached hydrogens (tertiary/aromatic N) is 1. The number of rotatable bonds is 2. The SMILES string of the molecule is C=S(=C)(Oc1ccc(C#N)c(C(F)(F)F)c1)C(F)(F)F. The lowest BCUT2D eigenvalue weighted by atomic mass is 10.1. The van der Waals surface area contributed by atoms with Gasteiger partial charge in [0.1, 0.15) is 5.75 Å². The molecule has 1 aromatic rings. The number of hydrogen-bond acceptors (Lipinski definition) is 2. The second-order valence-electron chi connectivity index (χ2n) is 3.66. The summed E-state index contributed by atoms with van der Waals surface area (Å²) in [6, 6.07) is 3.18. The lowest BCUT2D eigenvalue weighted by Crippen LogP contribution is -2.13. The minimum Gasteiger partial charge on any atom is -0.434 e. The molecule has 0 radical (unpaired) electrons. The average molecular weight is 315 g/mol. The van der Waals surface area contributed by atoms with E-state index in [0.717, 1.165) is 12.1 Å². The van der Waals surface area contributed by atoms with Crippen molar-refractivity contribution in [1.29, 1.82) is 5.26 Å². The molecule has 0 aliphatic heterocycles. The number of hydrogen-bond donors (Lipinski definition) is 0. The Bertz CT molecular complexity index is 651. The van der Waals surface area contributed by atoms with Gasteiger partial charge in [0.15, 0.2) is 0 Å². The van der Waals surface area contributed by atoms with Crippen LogP contribution in [0.2, 0.25) is 0 Å². The molecule has 0 aliphatic carbocycles. The highest BCUT2D eigenvalue weighted by molar-refractivity contribution is 8.24. The zero-order chi connectivity index (χ0) is 15.8. The average Bonchev–Trinajstić information content (AvgIpc) is 2.25. The van der Waals surface area contributed by atoms with Crippen molar-refractivity contribution >= 4 is 21.2 Å². The molecule has 0 atom stereocenters. The zero-order valence-corrected chi connectivity index (χ0v) is 10.5. The van der Waals surface area contributed by atoms with Crippen molar-refractivity contribution in [2.75, 3.05) is 0 Å². The molecule has 0 amide bonds. The number of halogens is 6. The van der Waals surface area contributed by atoms with Crippen LogP contribution in [-0.2, 0) is 6.18 Å². The molecule has 0 saturated carbocycles. The van der Waals surface area contributed by atoms with Gasteiger partial charge in [-0.2, -0.15) is 31.6 Å². The van der Waals surface area contributed by atoms with Gasteiger partial charge < -0.3 is 4.18 Å². The minimum atomic E-state index is -4.89. The van der Waals surface area contributed by atoms with E-state index < -0.39 is 38.0 Å². The molecular formula is C11H7F6NOS. The first-order chi connectivity index (χ1) is 8.88. The third kappa shape index (κ3) is 3.39. The van der Waals surface area contributed by atoms with E-state index in [9.17, 15) is 26.3 Å². The Morgan fingerprint density at radius 1 is 1.10 bits per heavy atom. The molecule has 9 heteroatoms. The molecule has 0 heterocycles. The van der Waals surface area contributed by atoms with Gasteiger partial charge in [-0.05, 0) is 29.9 Å². The Labute approximate surface area is 110 Å². The lowest BCUT2D eigenvalue weighted by Gasteiger charge is -2.20. The molecule has 0 unspecified atom stereocenters. The fraction of sp³-hybridized carbons (Fsp3) is 0.182. The van der Waals surface area contributed by atoms with Crippen molar-refractivity contribution in [3.8, 4) is 11.8 Å². The highest BCUT2D eigenvalue weighted by atomic mass is 32.2. The molecule has 0 saturated heterocycles. The zero-order valence-electron chi connectivity index (χ0n) is 9.68. The fourth-order valence-electron chi connectivity index (χ4n) is 1.14. The minimum absolute atomic E-state index is 0.322. The van der Waals surface area contributed by atoms with Gasteiger partial charge in [-0.1, -0.05) is 0 Å². The molecule has 1 rings (SSSR count). The first-order valence-electron chi connectivity index (χ1n) is 4.75. The van der Waals surface area contributed by atoms with Gasteiger partial charge in [-0.25, -0.2) is 0 Å². The third-order valence-corrected chi connectivity index (χ3v) is 3.45.